The Kier molecular flexibility index (Phi) is 5.13. The molecule has 2 fully saturated rings. The normalized spacial score (nSPS) is 28.8. The molecular formula is C19H31N3O2. The molecule has 1 aliphatic carbocycles. The highest BCUT2D eigenvalue weighted by Crippen LogP contribution is 2.50. The van der Waals surface area contributed by atoms with Crippen LogP contribution in [0.2, 0.25) is 0 Å². The number of nitrogens with one attached hydrogen (secondary N) is 1. The lowest BCUT2D eigenvalue weighted by molar-refractivity contribution is -0.238. The second-order valence-corrected chi connectivity index (χ2v) is 7.72. The Bertz CT molecular complexity index is 540. The molecule has 1 saturated carbocycles. The fraction of sp³-hybridized carbons (Fsp3) is 0.737. The van der Waals surface area contributed by atoms with Crippen molar-refractivity contribution in [3.05, 3.63) is 23.9 Å². The predicted molar refractivity (Wildman–Crippen MR) is 96.2 cm³/mol. The van der Waals surface area contributed by atoms with Crippen LogP contribution in [0.15, 0.2) is 18.3 Å². The molecular weight excluding hydrogens is 302 g/mol. The van der Waals surface area contributed by atoms with E-state index in [1.807, 2.05) is 13.1 Å². The van der Waals surface area contributed by atoms with Crippen LogP contribution in [0.4, 0.5) is 5.82 Å². The van der Waals surface area contributed by atoms with Gasteiger partial charge >= 0.3 is 0 Å². The van der Waals surface area contributed by atoms with Crippen molar-refractivity contribution in [2.45, 2.75) is 58.3 Å². The maximum Gasteiger partial charge on any atom is 0.128 e. The number of ether oxygens (including phenoxy) is 1. The minimum absolute atomic E-state index is 0.149. The van der Waals surface area contributed by atoms with Gasteiger partial charge in [-0.25, -0.2) is 4.98 Å². The molecule has 3 rings (SSSR count). The first-order valence-electron chi connectivity index (χ1n) is 9.21. The average molecular weight is 333 g/mol. The summed E-state index contributed by atoms with van der Waals surface area (Å²) in [6, 6.07) is 4.24. The van der Waals surface area contributed by atoms with E-state index in [0.717, 1.165) is 31.0 Å². The van der Waals surface area contributed by atoms with Crippen molar-refractivity contribution < 1.29 is 9.84 Å². The minimum atomic E-state index is -0.699. The molecule has 1 aromatic rings. The summed E-state index contributed by atoms with van der Waals surface area (Å²) < 4.78 is 5.71. The number of hydrogen-bond acceptors (Lipinski definition) is 5. The molecule has 5 heteroatoms. The first-order chi connectivity index (χ1) is 11.5. The number of anilines is 1. The molecule has 2 aliphatic rings. The highest BCUT2D eigenvalue weighted by Gasteiger charge is 2.59. The lowest BCUT2D eigenvalue weighted by atomic mass is 9.56. The quantitative estimate of drug-likeness (QED) is 0.802. The third-order valence-electron chi connectivity index (χ3n) is 5.88. The second-order valence-electron chi connectivity index (χ2n) is 7.72. The second kappa shape index (κ2) is 6.98. The minimum Gasteiger partial charge on any atom is -0.388 e. The Morgan fingerprint density at radius 3 is 2.67 bits per heavy atom. The van der Waals surface area contributed by atoms with Gasteiger partial charge in [-0.05, 0) is 31.4 Å². The molecule has 1 aromatic heterocycles. The van der Waals surface area contributed by atoms with Crippen molar-refractivity contribution in [2.75, 3.05) is 31.1 Å². The van der Waals surface area contributed by atoms with Crippen LogP contribution in [-0.2, 0) is 11.3 Å². The molecule has 0 spiro atoms. The molecule has 1 saturated heterocycles. The van der Waals surface area contributed by atoms with E-state index in [0.29, 0.717) is 19.6 Å². The standard InChI is InChI=1S/C19H31N3O2/c1-4-24-16-11-19(23,18(16,2)3)14-20-12-15-7-8-17(21-13-15)22-9-5-6-10-22/h7-8,13,16,20,23H,4-6,9-12,14H2,1-3H3/t16-,19-/m1/s1. The van der Waals surface area contributed by atoms with E-state index in [1.165, 1.54) is 12.8 Å². The fourth-order valence-electron chi connectivity index (χ4n) is 3.83. The van der Waals surface area contributed by atoms with Crippen LogP contribution in [0.5, 0.6) is 0 Å². The zero-order valence-corrected chi connectivity index (χ0v) is 15.2. The molecule has 2 heterocycles. The van der Waals surface area contributed by atoms with Crippen LogP contribution in [0.3, 0.4) is 0 Å². The Balaban J connectivity index is 1.48. The van der Waals surface area contributed by atoms with Crippen LogP contribution >= 0.6 is 0 Å². The number of aliphatic hydroxyl groups is 1. The molecule has 0 bridgehead atoms. The number of aromatic nitrogens is 1. The zero-order valence-electron chi connectivity index (χ0n) is 15.2. The van der Waals surface area contributed by atoms with Crippen LogP contribution in [0.25, 0.3) is 0 Å². The van der Waals surface area contributed by atoms with Crippen molar-refractivity contribution in [3.8, 4) is 0 Å². The first-order valence-corrected chi connectivity index (χ1v) is 9.21. The maximum absolute atomic E-state index is 10.8. The molecule has 24 heavy (non-hydrogen) atoms. The molecule has 0 aromatic carbocycles. The lowest BCUT2D eigenvalue weighted by Crippen LogP contribution is -2.68. The third kappa shape index (κ3) is 3.30. The number of nitrogens with zero attached hydrogens (tertiary/aromatic N) is 2. The fourth-order valence-corrected chi connectivity index (χ4v) is 3.83. The molecule has 2 atom stereocenters. The van der Waals surface area contributed by atoms with Crippen LogP contribution in [0, 0.1) is 5.41 Å². The summed E-state index contributed by atoms with van der Waals surface area (Å²) in [5.74, 6) is 1.08. The van der Waals surface area contributed by atoms with Gasteiger partial charge < -0.3 is 20.1 Å². The smallest absolute Gasteiger partial charge is 0.128 e. The topological polar surface area (TPSA) is 57.6 Å². The van der Waals surface area contributed by atoms with E-state index >= 15 is 0 Å². The summed E-state index contributed by atoms with van der Waals surface area (Å²) >= 11 is 0. The average Bonchev–Trinajstić information content (AvgIpc) is 3.10. The maximum atomic E-state index is 10.8. The van der Waals surface area contributed by atoms with Crippen LogP contribution < -0.4 is 10.2 Å². The van der Waals surface area contributed by atoms with Gasteiger partial charge in [-0.2, -0.15) is 0 Å². The molecule has 1 aliphatic heterocycles. The zero-order chi connectivity index (χ0) is 17.2. The van der Waals surface area contributed by atoms with E-state index in [1.54, 1.807) is 0 Å². The van der Waals surface area contributed by atoms with Crippen molar-refractivity contribution >= 4 is 5.82 Å². The monoisotopic (exact) mass is 333 g/mol. The van der Waals surface area contributed by atoms with Crippen molar-refractivity contribution in [2.24, 2.45) is 5.41 Å². The summed E-state index contributed by atoms with van der Waals surface area (Å²) in [5.41, 5.74) is 0.240. The Labute approximate surface area is 145 Å². The van der Waals surface area contributed by atoms with Gasteiger partial charge in [0.25, 0.3) is 0 Å². The predicted octanol–water partition coefficient (Wildman–Crippen LogP) is 2.34. The SMILES string of the molecule is CCO[C@@H]1C[C@@](O)(CNCc2ccc(N3CCCC3)nc2)C1(C)C. The van der Waals surface area contributed by atoms with E-state index in [9.17, 15) is 5.11 Å². The lowest BCUT2D eigenvalue weighted by Gasteiger charge is -2.58. The van der Waals surface area contributed by atoms with E-state index in [-0.39, 0.29) is 11.5 Å². The van der Waals surface area contributed by atoms with Gasteiger partial charge in [-0.15, -0.1) is 0 Å². The number of hydrogen-bond donors (Lipinski definition) is 2. The highest BCUT2D eigenvalue weighted by molar-refractivity contribution is 5.40. The summed E-state index contributed by atoms with van der Waals surface area (Å²) in [6.45, 7) is 10.4. The van der Waals surface area contributed by atoms with Gasteiger partial charge in [0, 0.05) is 50.8 Å². The van der Waals surface area contributed by atoms with Crippen molar-refractivity contribution in [1.82, 2.24) is 10.3 Å². The molecule has 0 radical (unpaired) electrons. The summed E-state index contributed by atoms with van der Waals surface area (Å²) in [6.07, 6.45) is 5.33. The Morgan fingerprint density at radius 2 is 2.08 bits per heavy atom. The Hall–Kier alpha value is -1.17. The van der Waals surface area contributed by atoms with Gasteiger partial charge in [-0.3, -0.25) is 0 Å². The van der Waals surface area contributed by atoms with E-state index in [2.05, 4.69) is 41.2 Å². The number of pyridine rings is 1. The summed E-state index contributed by atoms with van der Waals surface area (Å²) in [7, 11) is 0. The molecule has 2 N–H and O–H groups in total. The Morgan fingerprint density at radius 1 is 1.33 bits per heavy atom. The molecule has 134 valence electrons. The van der Waals surface area contributed by atoms with Crippen molar-refractivity contribution in [1.29, 1.82) is 0 Å². The van der Waals surface area contributed by atoms with Gasteiger partial charge in [0.2, 0.25) is 0 Å². The van der Waals surface area contributed by atoms with Crippen LogP contribution in [0.1, 0.15) is 45.6 Å². The largest absolute Gasteiger partial charge is 0.388 e. The molecule has 0 amide bonds. The number of rotatable bonds is 7. The van der Waals surface area contributed by atoms with Gasteiger partial charge in [-0.1, -0.05) is 19.9 Å². The third-order valence-corrected chi connectivity index (χ3v) is 5.88. The van der Waals surface area contributed by atoms with Gasteiger partial charge in [0.05, 0.1) is 11.7 Å². The highest BCUT2D eigenvalue weighted by atomic mass is 16.5. The first kappa shape index (κ1) is 17.6. The van der Waals surface area contributed by atoms with Crippen molar-refractivity contribution in [3.63, 3.8) is 0 Å². The van der Waals surface area contributed by atoms with Gasteiger partial charge in [0.15, 0.2) is 0 Å². The van der Waals surface area contributed by atoms with E-state index < -0.39 is 5.60 Å². The summed E-state index contributed by atoms with van der Waals surface area (Å²) in [5, 5.41) is 14.2. The molecule has 0 unspecified atom stereocenters. The molecule has 5 nitrogen and oxygen atoms in total. The summed E-state index contributed by atoms with van der Waals surface area (Å²) in [4.78, 5) is 6.92. The van der Waals surface area contributed by atoms with Crippen LogP contribution in [-0.4, -0.2) is 48.0 Å². The van der Waals surface area contributed by atoms with E-state index in [4.69, 9.17) is 4.74 Å². The van der Waals surface area contributed by atoms with Gasteiger partial charge in [0.1, 0.15) is 5.82 Å².